The van der Waals surface area contributed by atoms with Crippen molar-refractivity contribution >= 4 is 34.6 Å². The van der Waals surface area contributed by atoms with Crippen molar-refractivity contribution in [3.05, 3.63) is 76.6 Å². The third-order valence-electron chi connectivity index (χ3n) is 4.07. The Morgan fingerprint density at radius 1 is 1.11 bits per heavy atom. The Hall–Kier alpha value is -3.18. The van der Waals surface area contributed by atoms with Crippen LogP contribution < -0.4 is 0 Å². The molecule has 0 aliphatic rings. The van der Waals surface area contributed by atoms with Crippen molar-refractivity contribution in [3.8, 4) is 17.2 Å². The molecule has 0 bridgehead atoms. The first-order valence-electron chi connectivity index (χ1n) is 8.19. The number of aliphatic imine (C=N–C) groups is 1. The maximum Gasteiger partial charge on any atom is 0.228 e. The maximum absolute atomic E-state index is 13.2. The minimum absolute atomic E-state index is 0.167. The van der Waals surface area contributed by atoms with E-state index in [2.05, 4.69) is 9.98 Å². The van der Waals surface area contributed by atoms with E-state index in [0.29, 0.717) is 33.8 Å². The van der Waals surface area contributed by atoms with E-state index < -0.39 is 5.82 Å². The van der Waals surface area contributed by atoms with Crippen LogP contribution in [0.4, 0.5) is 10.1 Å². The van der Waals surface area contributed by atoms with E-state index in [1.165, 1.54) is 18.2 Å². The highest BCUT2D eigenvalue weighted by Gasteiger charge is 2.12. The molecule has 4 rings (SSSR count). The van der Waals surface area contributed by atoms with Crippen molar-refractivity contribution in [2.45, 2.75) is 6.92 Å². The van der Waals surface area contributed by atoms with Gasteiger partial charge >= 0.3 is 0 Å². The van der Waals surface area contributed by atoms with Crippen LogP contribution in [0, 0.1) is 12.7 Å². The van der Waals surface area contributed by atoms with Gasteiger partial charge in [0, 0.05) is 11.8 Å². The lowest BCUT2D eigenvalue weighted by atomic mass is 10.1. The van der Waals surface area contributed by atoms with Gasteiger partial charge in [-0.15, -0.1) is 0 Å². The molecular formula is C21H14ClFN2O2. The molecule has 4 nitrogen and oxygen atoms in total. The van der Waals surface area contributed by atoms with Crippen molar-refractivity contribution in [1.29, 1.82) is 0 Å². The van der Waals surface area contributed by atoms with Crippen LogP contribution in [0.5, 0.6) is 5.75 Å². The fourth-order valence-electron chi connectivity index (χ4n) is 2.70. The number of phenolic OH excluding ortho intramolecular Hbond substituents is 1. The summed E-state index contributed by atoms with van der Waals surface area (Å²) in [6, 6.07) is 14.7. The molecule has 3 aromatic carbocycles. The zero-order chi connectivity index (χ0) is 19.0. The summed E-state index contributed by atoms with van der Waals surface area (Å²) < 4.78 is 18.9. The normalized spacial score (nSPS) is 11.5. The van der Waals surface area contributed by atoms with Crippen molar-refractivity contribution in [3.63, 3.8) is 0 Å². The van der Waals surface area contributed by atoms with Gasteiger partial charge < -0.3 is 9.52 Å². The fourth-order valence-corrected chi connectivity index (χ4v) is 2.94. The van der Waals surface area contributed by atoms with Gasteiger partial charge in [0.05, 0.1) is 16.3 Å². The van der Waals surface area contributed by atoms with E-state index in [9.17, 15) is 9.50 Å². The van der Waals surface area contributed by atoms with Gasteiger partial charge in [0.15, 0.2) is 5.58 Å². The molecule has 0 spiro atoms. The predicted octanol–water partition coefficient (Wildman–Crippen LogP) is 6.05. The molecule has 0 aliphatic heterocycles. The number of aryl methyl sites for hydroxylation is 1. The number of phenols is 1. The molecule has 0 fully saturated rings. The van der Waals surface area contributed by atoms with Crippen LogP contribution in [0.1, 0.15) is 11.1 Å². The number of nitrogens with zero attached hydrogens (tertiary/aromatic N) is 2. The van der Waals surface area contributed by atoms with Gasteiger partial charge in [0.25, 0.3) is 0 Å². The summed E-state index contributed by atoms with van der Waals surface area (Å²) in [5, 5.41) is 10.1. The monoisotopic (exact) mass is 380 g/mol. The Morgan fingerprint density at radius 3 is 2.78 bits per heavy atom. The average molecular weight is 381 g/mol. The van der Waals surface area contributed by atoms with Gasteiger partial charge in [-0.25, -0.2) is 9.37 Å². The van der Waals surface area contributed by atoms with E-state index in [0.717, 1.165) is 5.56 Å². The molecule has 0 saturated carbocycles. The second-order valence-electron chi connectivity index (χ2n) is 6.12. The van der Waals surface area contributed by atoms with Gasteiger partial charge in [0.1, 0.15) is 17.1 Å². The number of aromatic hydroxyl groups is 1. The van der Waals surface area contributed by atoms with E-state index in [4.69, 9.17) is 16.0 Å². The Kier molecular flexibility index (Phi) is 4.38. The highest BCUT2D eigenvalue weighted by molar-refractivity contribution is 6.33. The number of hydrogen-bond donors (Lipinski definition) is 1. The average Bonchev–Trinajstić information content (AvgIpc) is 3.05. The van der Waals surface area contributed by atoms with Crippen molar-refractivity contribution in [2.24, 2.45) is 4.99 Å². The number of fused-ring (bicyclic) bond motifs is 1. The second kappa shape index (κ2) is 6.85. The Morgan fingerprint density at radius 2 is 1.96 bits per heavy atom. The third kappa shape index (κ3) is 3.55. The molecule has 1 aromatic heterocycles. The number of aromatic nitrogens is 1. The van der Waals surface area contributed by atoms with Gasteiger partial charge in [0.2, 0.25) is 5.89 Å². The topological polar surface area (TPSA) is 58.6 Å². The molecule has 0 aliphatic carbocycles. The molecule has 0 radical (unpaired) electrons. The van der Waals surface area contributed by atoms with Crippen LogP contribution in [0.25, 0.3) is 22.6 Å². The molecule has 134 valence electrons. The van der Waals surface area contributed by atoms with Crippen LogP contribution in [-0.2, 0) is 0 Å². The summed E-state index contributed by atoms with van der Waals surface area (Å²) in [5.74, 6) is 0.0587. The van der Waals surface area contributed by atoms with Crippen LogP contribution >= 0.6 is 11.6 Å². The lowest BCUT2D eigenvalue weighted by Gasteiger charge is -2.00. The molecule has 0 amide bonds. The van der Waals surface area contributed by atoms with Gasteiger partial charge in [-0.1, -0.05) is 23.2 Å². The number of benzene rings is 3. The molecule has 1 N–H and O–H groups in total. The summed E-state index contributed by atoms with van der Waals surface area (Å²) in [4.78, 5) is 8.82. The summed E-state index contributed by atoms with van der Waals surface area (Å²) in [6.07, 6.45) is 1.60. The van der Waals surface area contributed by atoms with E-state index in [1.54, 1.807) is 30.5 Å². The predicted molar refractivity (Wildman–Crippen MR) is 105 cm³/mol. The van der Waals surface area contributed by atoms with E-state index in [1.807, 2.05) is 19.1 Å². The Balaban J connectivity index is 1.68. The number of oxazole rings is 1. The molecule has 0 saturated heterocycles. The van der Waals surface area contributed by atoms with Gasteiger partial charge in [-0.05, 0) is 55.5 Å². The van der Waals surface area contributed by atoms with E-state index >= 15 is 0 Å². The lowest BCUT2D eigenvalue weighted by molar-refractivity contribution is 0.474. The Bertz CT molecular complexity index is 1180. The minimum Gasteiger partial charge on any atom is -0.507 e. The highest BCUT2D eigenvalue weighted by Crippen LogP contribution is 2.31. The van der Waals surface area contributed by atoms with Crippen LogP contribution in [-0.4, -0.2) is 16.3 Å². The van der Waals surface area contributed by atoms with E-state index in [-0.39, 0.29) is 10.8 Å². The first kappa shape index (κ1) is 17.2. The summed E-state index contributed by atoms with van der Waals surface area (Å²) >= 11 is 6.08. The minimum atomic E-state index is -0.420. The quantitative estimate of drug-likeness (QED) is 0.440. The summed E-state index contributed by atoms with van der Waals surface area (Å²) in [7, 11) is 0. The van der Waals surface area contributed by atoms with Crippen LogP contribution in [0.2, 0.25) is 5.02 Å². The first-order chi connectivity index (χ1) is 13.0. The molecule has 0 atom stereocenters. The molecule has 4 aromatic rings. The maximum atomic E-state index is 13.2. The molecule has 0 unspecified atom stereocenters. The van der Waals surface area contributed by atoms with Crippen molar-refractivity contribution < 1.29 is 13.9 Å². The lowest BCUT2D eigenvalue weighted by Crippen LogP contribution is -1.83. The number of hydrogen-bond acceptors (Lipinski definition) is 4. The molecular weight excluding hydrogens is 367 g/mol. The molecule has 6 heteroatoms. The fraction of sp³-hybridized carbons (Fsp3) is 0.0476. The second-order valence-corrected chi connectivity index (χ2v) is 6.52. The van der Waals surface area contributed by atoms with Crippen molar-refractivity contribution in [2.75, 3.05) is 0 Å². The first-order valence-corrected chi connectivity index (χ1v) is 8.57. The highest BCUT2D eigenvalue weighted by atomic mass is 35.5. The van der Waals surface area contributed by atoms with Crippen LogP contribution in [0.15, 0.2) is 64.0 Å². The van der Waals surface area contributed by atoms with Gasteiger partial charge in [-0.3, -0.25) is 4.99 Å². The number of rotatable bonds is 3. The SMILES string of the molecule is Cc1ccc(O)c(C=Nc2ccc3oc(-c4ccc(F)cc4Cl)nc3c2)c1. The standard InChI is InChI=1S/C21H14ClFN2O2/c1-12-2-6-19(26)13(8-12)11-24-15-4-7-20-18(10-15)25-21(27-20)16-5-3-14(23)9-17(16)22/h2-11,26H,1H3. The molecule has 1 heterocycles. The largest absolute Gasteiger partial charge is 0.507 e. The zero-order valence-electron chi connectivity index (χ0n) is 14.3. The summed E-state index contributed by atoms with van der Waals surface area (Å²) in [6.45, 7) is 1.94. The summed E-state index contributed by atoms with van der Waals surface area (Å²) in [5.41, 5.74) is 4.02. The smallest absolute Gasteiger partial charge is 0.228 e. The zero-order valence-corrected chi connectivity index (χ0v) is 15.0. The third-order valence-corrected chi connectivity index (χ3v) is 4.38. The van der Waals surface area contributed by atoms with Crippen molar-refractivity contribution in [1.82, 2.24) is 4.98 Å². The Labute approximate surface area is 159 Å². The van der Waals surface area contributed by atoms with Gasteiger partial charge in [-0.2, -0.15) is 0 Å². The molecule has 27 heavy (non-hydrogen) atoms. The number of halogens is 2. The van der Waals surface area contributed by atoms with Crippen LogP contribution in [0.3, 0.4) is 0 Å².